The van der Waals surface area contributed by atoms with Gasteiger partial charge in [-0.1, -0.05) is 0 Å². The molecule has 0 amide bonds. The lowest BCUT2D eigenvalue weighted by Gasteiger charge is -2.11. The molecule has 1 aromatic rings. The summed E-state index contributed by atoms with van der Waals surface area (Å²) in [6.45, 7) is 2.89. The maximum absolute atomic E-state index is 4.22. The second-order valence-electron chi connectivity index (χ2n) is 4.53. The molecule has 0 aromatic carbocycles. The number of nitrogens with zero attached hydrogens (tertiary/aromatic N) is 4. The quantitative estimate of drug-likeness (QED) is 0.388. The van der Waals surface area contributed by atoms with Gasteiger partial charge < -0.3 is 15.2 Å². The van der Waals surface area contributed by atoms with E-state index in [-0.39, 0.29) is 0 Å². The Kier molecular flexibility index (Phi) is 9.73. The predicted molar refractivity (Wildman–Crippen MR) is 86.2 cm³/mol. The number of hydrogen-bond donors (Lipinski definition) is 2. The van der Waals surface area contributed by atoms with Gasteiger partial charge in [-0.25, -0.2) is 0 Å². The zero-order valence-corrected chi connectivity index (χ0v) is 13.3. The van der Waals surface area contributed by atoms with E-state index in [0.29, 0.717) is 0 Å². The van der Waals surface area contributed by atoms with Gasteiger partial charge in [0.15, 0.2) is 5.96 Å². The SMILES string of the molecule is CN=C(NCCCCSC)NCCCCn1cnnc1. The van der Waals surface area contributed by atoms with Gasteiger partial charge in [-0.2, -0.15) is 11.8 Å². The molecule has 0 aliphatic carbocycles. The van der Waals surface area contributed by atoms with Crippen LogP contribution in [0.5, 0.6) is 0 Å². The fourth-order valence-corrected chi connectivity index (χ4v) is 2.26. The van der Waals surface area contributed by atoms with Crippen molar-refractivity contribution in [2.75, 3.05) is 32.1 Å². The minimum absolute atomic E-state index is 0.901. The minimum atomic E-state index is 0.901. The van der Waals surface area contributed by atoms with Crippen LogP contribution in [0.15, 0.2) is 17.6 Å². The molecule has 0 unspecified atom stereocenters. The monoisotopic (exact) mass is 298 g/mol. The fourth-order valence-electron chi connectivity index (χ4n) is 1.76. The highest BCUT2D eigenvalue weighted by Gasteiger charge is 1.97. The smallest absolute Gasteiger partial charge is 0.190 e. The van der Waals surface area contributed by atoms with Crippen molar-refractivity contribution in [3.63, 3.8) is 0 Å². The van der Waals surface area contributed by atoms with Crippen LogP contribution in [-0.4, -0.2) is 52.9 Å². The molecule has 2 N–H and O–H groups in total. The molecule has 0 fully saturated rings. The maximum atomic E-state index is 4.22. The van der Waals surface area contributed by atoms with Gasteiger partial charge in [0.1, 0.15) is 12.7 Å². The highest BCUT2D eigenvalue weighted by molar-refractivity contribution is 7.98. The molecular weight excluding hydrogens is 272 g/mol. The molecule has 1 rings (SSSR count). The number of rotatable bonds is 10. The van der Waals surface area contributed by atoms with Crippen molar-refractivity contribution in [3.8, 4) is 0 Å². The van der Waals surface area contributed by atoms with Crippen LogP contribution in [0.25, 0.3) is 0 Å². The summed E-state index contributed by atoms with van der Waals surface area (Å²) in [4.78, 5) is 4.22. The summed E-state index contributed by atoms with van der Waals surface area (Å²) in [6, 6.07) is 0. The van der Waals surface area contributed by atoms with E-state index in [4.69, 9.17) is 0 Å². The van der Waals surface area contributed by atoms with E-state index in [2.05, 4.69) is 32.1 Å². The van der Waals surface area contributed by atoms with Crippen LogP contribution in [0.3, 0.4) is 0 Å². The number of unbranched alkanes of at least 4 members (excludes halogenated alkanes) is 2. The van der Waals surface area contributed by atoms with Crippen molar-refractivity contribution in [2.24, 2.45) is 4.99 Å². The largest absolute Gasteiger partial charge is 0.356 e. The van der Waals surface area contributed by atoms with E-state index in [1.807, 2.05) is 23.4 Å². The molecule has 0 saturated carbocycles. The Morgan fingerprint density at radius 2 is 1.75 bits per heavy atom. The second kappa shape index (κ2) is 11.6. The third-order valence-electron chi connectivity index (χ3n) is 2.89. The molecule has 0 aliphatic heterocycles. The van der Waals surface area contributed by atoms with Crippen molar-refractivity contribution in [2.45, 2.75) is 32.2 Å². The summed E-state index contributed by atoms with van der Waals surface area (Å²) < 4.78 is 2.00. The average Bonchev–Trinajstić information content (AvgIpc) is 2.97. The first-order valence-corrected chi connectivity index (χ1v) is 8.52. The Balaban J connectivity index is 1.98. The predicted octanol–water partition coefficient (Wildman–Crippen LogP) is 1.37. The number of aromatic nitrogens is 3. The average molecular weight is 298 g/mol. The van der Waals surface area contributed by atoms with Gasteiger partial charge in [-0.05, 0) is 37.7 Å². The summed E-state index contributed by atoms with van der Waals surface area (Å²) in [6.07, 6.45) is 10.3. The molecule has 20 heavy (non-hydrogen) atoms. The second-order valence-corrected chi connectivity index (χ2v) is 5.52. The van der Waals surface area contributed by atoms with Gasteiger partial charge in [-0.15, -0.1) is 10.2 Å². The number of guanidine groups is 1. The van der Waals surface area contributed by atoms with Crippen LogP contribution >= 0.6 is 11.8 Å². The van der Waals surface area contributed by atoms with Crippen molar-refractivity contribution in [1.29, 1.82) is 0 Å². The molecule has 6 nitrogen and oxygen atoms in total. The van der Waals surface area contributed by atoms with Crippen LogP contribution in [0.1, 0.15) is 25.7 Å². The van der Waals surface area contributed by atoms with Crippen LogP contribution in [-0.2, 0) is 6.54 Å². The van der Waals surface area contributed by atoms with Gasteiger partial charge in [0.2, 0.25) is 0 Å². The van der Waals surface area contributed by atoms with Crippen molar-refractivity contribution < 1.29 is 0 Å². The Morgan fingerprint density at radius 1 is 1.10 bits per heavy atom. The van der Waals surface area contributed by atoms with E-state index < -0.39 is 0 Å². The summed E-state index contributed by atoms with van der Waals surface area (Å²) in [5.41, 5.74) is 0. The van der Waals surface area contributed by atoms with Crippen LogP contribution < -0.4 is 10.6 Å². The number of aryl methyl sites for hydroxylation is 1. The summed E-state index contributed by atoms with van der Waals surface area (Å²) in [7, 11) is 1.81. The minimum Gasteiger partial charge on any atom is -0.356 e. The van der Waals surface area contributed by atoms with Gasteiger partial charge in [0, 0.05) is 26.7 Å². The molecule has 0 saturated heterocycles. The molecule has 114 valence electrons. The number of hydrogen-bond acceptors (Lipinski definition) is 4. The van der Waals surface area contributed by atoms with E-state index in [1.165, 1.54) is 18.6 Å². The highest BCUT2D eigenvalue weighted by Crippen LogP contribution is 1.97. The third-order valence-corrected chi connectivity index (χ3v) is 3.59. The lowest BCUT2D eigenvalue weighted by atomic mass is 10.3. The van der Waals surface area contributed by atoms with Gasteiger partial charge in [0.05, 0.1) is 0 Å². The van der Waals surface area contributed by atoms with Crippen molar-refractivity contribution >= 4 is 17.7 Å². The lowest BCUT2D eigenvalue weighted by Crippen LogP contribution is -2.38. The third kappa shape index (κ3) is 8.04. The standard InChI is InChI=1S/C13H26N6S/c1-14-13(16-8-4-6-10-20-2)15-7-3-5-9-19-11-17-18-12-19/h11-12H,3-10H2,1-2H3,(H2,14,15,16). The molecule has 7 heteroatoms. The first kappa shape index (κ1) is 16.8. The Labute approximate surface area is 125 Å². The molecule has 0 spiro atoms. The zero-order valence-electron chi connectivity index (χ0n) is 12.5. The normalized spacial score (nSPS) is 11.6. The maximum Gasteiger partial charge on any atom is 0.190 e. The first-order valence-electron chi connectivity index (χ1n) is 7.12. The Hall–Kier alpha value is -1.24. The van der Waals surface area contributed by atoms with Crippen LogP contribution in [0.2, 0.25) is 0 Å². The van der Waals surface area contributed by atoms with E-state index in [1.54, 1.807) is 12.7 Å². The Morgan fingerprint density at radius 3 is 2.35 bits per heavy atom. The molecular formula is C13H26N6S. The molecule has 0 bridgehead atoms. The van der Waals surface area contributed by atoms with Gasteiger partial charge in [0.25, 0.3) is 0 Å². The summed E-state index contributed by atoms with van der Waals surface area (Å²) in [5.74, 6) is 2.13. The molecule has 1 aromatic heterocycles. The summed E-state index contributed by atoms with van der Waals surface area (Å²) in [5, 5.41) is 14.2. The topological polar surface area (TPSA) is 67.1 Å². The number of thioether (sulfide) groups is 1. The lowest BCUT2D eigenvalue weighted by molar-refractivity contribution is 0.597. The van der Waals surface area contributed by atoms with E-state index in [9.17, 15) is 0 Å². The zero-order chi connectivity index (χ0) is 14.5. The van der Waals surface area contributed by atoms with Crippen LogP contribution in [0, 0.1) is 0 Å². The Bertz CT molecular complexity index is 352. The van der Waals surface area contributed by atoms with E-state index in [0.717, 1.165) is 38.4 Å². The number of nitrogens with one attached hydrogen (secondary N) is 2. The number of aliphatic imine (C=N–C) groups is 1. The van der Waals surface area contributed by atoms with Crippen molar-refractivity contribution in [1.82, 2.24) is 25.4 Å². The highest BCUT2D eigenvalue weighted by atomic mass is 32.2. The molecule has 0 aliphatic rings. The molecule has 1 heterocycles. The molecule has 0 atom stereocenters. The first-order chi connectivity index (χ1) is 9.86. The van der Waals surface area contributed by atoms with Gasteiger partial charge >= 0.3 is 0 Å². The fraction of sp³-hybridized carbons (Fsp3) is 0.769. The van der Waals surface area contributed by atoms with Crippen molar-refractivity contribution in [3.05, 3.63) is 12.7 Å². The summed E-state index contributed by atoms with van der Waals surface area (Å²) >= 11 is 1.90. The van der Waals surface area contributed by atoms with Crippen LogP contribution in [0.4, 0.5) is 0 Å². The van der Waals surface area contributed by atoms with E-state index >= 15 is 0 Å². The molecule has 0 radical (unpaired) electrons. The van der Waals surface area contributed by atoms with Gasteiger partial charge in [-0.3, -0.25) is 4.99 Å².